The van der Waals surface area contributed by atoms with E-state index in [2.05, 4.69) is 21.7 Å². The van der Waals surface area contributed by atoms with Gasteiger partial charge in [0.1, 0.15) is 0 Å². The summed E-state index contributed by atoms with van der Waals surface area (Å²) in [5.41, 5.74) is 3.41. The van der Waals surface area contributed by atoms with E-state index >= 15 is 0 Å². The number of hydrogen-bond donors (Lipinski definition) is 3. The second kappa shape index (κ2) is 8.49. The molecule has 0 bridgehead atoms. The van der Waals surface area contributed by atoms with E-state index in [0.29, 0.717) is 13.1 Å². The van der Waals surface area contributed by atoms with E-state index in [9.17, 15) is 9.59 Å². The molecule has 3 N–H and O–H groups in total. The minimum atomic E-state index is -0.807. The Morgan fingerprint density at radius 2 is 2.04 bits per heavy atom. The minimum Gasteiger partial charge on any atom is -0.480 e. The molecule has 26 heavy (non-hydrogen) atoms. The summed E-state index contributed by atoms with van der Waals surface area (Å²) in [7, 11) is 0. The first kappa shape index (κ1) is 18.6. The maximum atomic E-state index is 12.1. The van der Waals surface area contributed by atoms with Crippen molar-refractivity contribution in [1.29, 1.82) is 0 Å². The van der Waals surface area contributed by atoms with Crippen LogP contribution >= 0.6 is 0 Å². The van der Waals surface area contributed by atoms with Crippen LogP contribution in [-0.2, 0) is 24.2 Å². The number of carboxylic acid groups (broad SMARTS) is 1. The minimum absolute atomic E-state index is 0.0596. The van der Waals surface area contributed by atoms with Crippen LogP contribution in [0.1, 0.15) is 49.6 Å². The van der Waals surface area contributed by atoms with Crippen LogP contribution in [0.5, 0.6) is 0 Å². The van der Waals surface area contributed by atoms with Crippen LogP contribution in [0.15, 0.2) is 12.1 Å². The third-order valence-electron chi connectivity index (χ3n) is 5.38. The quantitative estimate of drug-likeness (QED) is 0.688. The summed E-state index contributed by atoms with van der Waals surface area (Å²) in [4.78, 5) is 29.5. The molecule has 1 aromatic rings. The molecule has 142 valence electrons. The molecule has 0 saturated heterocycles. The fourth-order valence-corrected chi connectivity index (χ4v) is 3.81. The Kier molecular flexibility index (Phi) is 6.08. The molecule has 0 aromatic carbocycles. The molecular formula is C19H28N4O3. The van der Waals surface area contributed by atoms with Gasteiger partial charge < -0.3 is 15.7 Å². The zero-order valence-electron chi connectivity index (χ0n) is 15.3. The zero-order valence-corrected chi connectivity index (χ0v) is 15.3. The number of amides is 2. The Balaban J connectivity index is 1.39. The lowest BCUT2D eigenvalue weighted by Gasteiger charge is -2.42. The monoisotopic (exact) mass is 360 g/mol. The number of carbonyl (C=O) groups excluding carboxylic acids is 1. The van der Waals surface area contributed by atoms with Crippen LogP contribution in [-0.4, -0.2) is 52.2 Å². The van der Waals surface area contributed by atoms with Gasteiger partial charge in [0.25, 0.3) is 0 Å². The first-order chi connectivity index (χ1) is 12.5. The van der Waals surface area contributed by atoms with Gasteiger partial charge in [-0.15, -0.1) is 0 Å². The number of aryl methyl sites for hydroxylation is 2. The summed E-state index contributed by atoms with van der Waals surface area (Å²) >= 11 is 0. The average Bonchev–Trinajstić information content (AvgIpc) is 2.60. The van der Waals surface area contributed by atoms with Gasteiger partial charge >= 0.3 is 12.0 Å². The molecule has 0 spiro atoms. The van der Waals surface area contributed by atoms with Gasteiger partial charge in [-0.25, -0.2) is 4.79 Å². The second-order valence-corrected chi connectivity index (χ2v) is 7.22. The smallest absolute Gasteiger partial charge is 0.317 e. The molecule has 1 heterocycles. The summed E-state index contributed by atoms with van der Waals surface area (Å²) in [5, 5.41) is 14.8. The number of aliphatic carboxylic acids is 1. The average molecular weight is 360 g/mol. The van der Waals surface area contributed by atoms with Crippen molar-refractivity contribution in [3.05, 3.63) is 29.1 Å². The summed E-state index contributed by atoms with van der Waals surface area (Å²) < 4.78 is 0. The van der Waals surface area contributed by atoms with Gasteiger partial charge in [-0.3, -0.25) is 14.7 Å². The number of fused-ring (bicyclic) bond motifs is 1. The Bertz CT molecular complexity index is 658. The molecule has 0 radical (unpaired) electrons. The van der Waals surface area contributed by atoms with Gasteiger partial charge in [0, 0.05) is 17.8 Å². The van der Waals surface area contributed by atoms with Gasteiger partial charge in [-0.1, -0.05) is 13.0 Å². The van der Waals surface area contributed by atoms with Crippen LogP contribution in [0.4, 0.5) is 4.79 Å². The molecule has 2 aliphatic carbocycles. The van der Waals surface area contributed by atoms with E-state index in [-0.39, 0.29) is 24.7 Å². The predicted molar refractivity (Wildman–Crippen MR) is 97.9 cm³/mol. The topological polar surface area (TPSA) is 94.6 Å². The lowest BCUT2D eigenvalue weighted by molar-refractivity contribution is -0.139. The Morgan fingerprint density at radius 1 is 1.27 bits per heavy atom. The molecule has 1 saturated carbocycles. The van der Waals surface area contributed by atoms with E-state index in [0.717, 1.165) is 31.4 Å². The van der Waals surface area contributed by atoms with Crippen molar-refractivity contribution in [3.63, 3.8) is 0 Å². The van der Waals surface area contributed by atoms with Gasteiger partial charge in [0.15, 0.2) is 0 Å². The molecule has 1 aromatic heterocycles. The van der Waals surface area contributed by atoms with E-state index in [1.54, 1.807) is 0 Å². The number of likely N-dealkylation sites (N-methyl/N-ethyl adjacent to an activating group) is 1. The molecule has 1 fully saturated rings. The third kappa shape index (κ3) is 4.72. The molecule has 0 unspecified atom stereocenters. The molecular weight excluding hydrogens is 332 g/mol. The van der Waals surface area contributed by atoms with Crippen molar-refractivity contribution in [1.82, 2.24) is 20.5 Å². The molecule has 7 nitrogen and oxygen atoms in total. The molecule has 2 aliphatic rings. The first-order valence-electron chi connectivity index (χ1n) is 9.53. The number of aromatic nitrogens is 1. The fraction of sp³-hybridized carbons (Fsp3) is 0.632. The van der Waals surface area contributed by atoms with E-state index < -0.39 is 5.97 Å². The van der Waals surface area contributed by atoms with Crippen LogP contribution in [0, 0.1) is 0 Å². The summed E-state index contributed by atoms with van der Waals surface area (Å²) in [6.45, 7) is 3.15. The highest BCUT2D eigenvalue weighted by Gasteiger charge is 2.34. The van der Waals surface area contributed by atoms with Crippen molar-refractivity contribution < 1.29 is 14.7 Å². The predicted octanol–water partition coefficient (Wildman–Crippen LogP) is 1.70. The molecule has 3 rings (SSSR count). The van der Waals surface area contributed by atoms with Crippen molar-refractivity contribution in [2.24, 2.45) is 0 Å². The lowest BCUT2D eigenvalue weighted by atomic mass is 9.85. The molecule has 0 aliphatic heterocycles. The number of carbonyl (C=O) groups is 2. The first-order valence-corrected chi connectivity index (χ1v) is 9.53. The maximum Gasteiger partial charge on any atom is 0.317 e. The standard InChI is InChI=1S/C19H28N4O3/c1-2-23(12-18(24)25)16-9-15(10-16)22-19(26)20-11-14-8-7-13-5-3-4-6-17(13)21-14/h7-8,15-16H,2-6,9-12H2,1H3,(H,24,25)(H2,20,22,26). The van der Waals surface area contributed by atoms with Crippen LogP contribution < -0.4 is 10.6 Å². The molecule has 7 heteroatoms. The van der Waals surface area contributed by atoms with Crippen molar-refractivity contribution in [2.75, 3.05) is 13.1 Å². The number of nitrogens with zero attached hydrogens (tertiary/aromatic N) is 2. The van der Waals surface area contributed by atoms with Crippen molar-refractivity contribution in [2.45, 2.75) is 64.1 Å². The highest BCUT2D eigenvalue weighted by atomic mass is 16.4. The van der Waals surface area contributed by atoms with Crippen LogP contribution in [0.25, 0.3) is 0 Å². The van der Waals surface area contributed by atoms with E-state index in [1.807, 2.05) is 17.9 Å². The SMILES string of the molecule is CCN(CC(=O)O)C1CC(NC(=O)NCc2ccc3c(n2)CCCC3)C1. The molecule has 2 amide bonds. The number of pyridine rings is 1. The zero-order chi connectivity index (χ0) is 18.5. The highest BCUT2D eigenvalue weighted by Crippen LogP contribution is 2.25. The third-order valence-corrected chi connectivity index (χ3v) is 5.38. The second-order valence-electron chi connectivity index (χ2n) is 7.22. The van der Waals surface area contributed by atoms with Crippen molar-refractivity contribution >= 4 is 12.0 Å². The van der Waals surface area contributed by atoms with Crippen LogP contribution in [0.3, 0.4) is 0 Å². The van der Waals surface area contributed by atoms with E-state index in [4.69, 9.17) is 5.11 Å². The van der Waals surface area contributed by atoms with Gasteiger partial charge in [0.05, 0.1) is 18.8 Å². The summed E-state index contributed by atoms with van der Waals surface area (Å²) in [6.07, 6.45) is 6.16. The number of urea groups is 1. The van der Waals surface area contributed by atoms with Crippen LogP contribution in [0.2, 0.25) is 0 Å². The Labute approximate surface area is 154 Å². The fourth-order valence-electron chi connectivity index (χ4n) is 3.81. The summed E-state index contributed by atoms with van der Waals surface area (Å²) in [6, 6.07) is 4.29. The normalized spacial score (nSPS) is 21.6. The van der Waals surface area contributed by atoms with Gasteiger partial charge in [-0.2, -0.15) is 0 Å². The Hall–Kier alpha value is -2.15. The van der Waals surface area contributed by atoms with Gasteiger partial charge in [0.2, 0.25) is 0 Å². The highest BCUT2D eigenvalue weighted by molar-refractivity contribution is 5.74. The number of carboxylic acids is 1. The summed E-state index contributed by atoms with van der Waals surface area (Å²) in [5.74, 6) is -0.807. The largest absolute Gasteiger partial charge is 0.480 e. The van der Waals surface area contributed by atoms with Gasteiger partial charge in [-0.05, 0) is 56.7 Å². The van der Waals surface area contributed by atoms with Crippen molar-refractivity contribution in [3.8, 4) is 0 Å². The lowest BCUT2D eigenvalue weighted by Crippen LogP contribution is -2.56. The number of nitrogens with one attached hydrogen (secondary N) is 2. The molecule has 0 atom stereocenters. The van der Waals surface area contributed by atoms with E-state index in [1.165, 1.54) is 24.1 Å². The maximum absolute atomic E-state index is 12.1. The number of hydrogen-bond acceptors (Lipinski definition) is 4. The number of rotatable bonds is 7. The Morgan fingerprint density at radius 3 is 2.77 bits per heavy atom.